The minimum atomic E-state index is -4.55. The number of phenols is 1. The van der Waals surface area contributed by atoms with Crippen molar-refractivity contribution in [1.29, 1.82) is 5.41 Å². The van der Waals surface area contributed by atoms with Gasteiger partial charge in [-0.05, 0) is 36.6 Å². The molecule has 1 unspecified atom stereocenters. The van der Waals surface area contributed by atoms with Crippen LogP contribution in [0.15, 0.2) is 59.4 Å². The quantitative estimate of drug-likeness (QED) is 0.619. The number of dihydropyridines is 1. The first kappa shape index (κ1) is 21.5. The number of rotatable bonds is 5. The Bertz CT molecular complexity index is 1050. The number of benzene rings is 1. The summed E-state index contributed by atoms with van der Waals surface area (Å²) in [5, 5.41) is 18.7. The zero-order valence-electron chi connectivity index (χ0n) is 16.7. The van der Waals surface area contributed by atoms with Gasteiger partial charge in [0.25, 0.3) is 0 Å². The van der Waals surface area contributed by atoms with E-state index in [-0.39, 0.29) is 22.9 Å². The van der Waals surface area contributed by atoms with E-state index in [1.165, 1.54) is 11.6 Å². The van der Waals surface area contributed by atoms with E-state index < -0.39 is 17.7 Å². The van der Waals surface area contributed by atoms with Gasteiger partial charge < -0.3 is 5.11 Å². The maximum absolute atomic E-state index is 13.3. The Morgan fingerprint density at radius 3 is 2.53 bits per heavy atom. The summed E-state index contributed by atoms with van der Waals surface area (Å²) in [4.78, 5) is 7.84. The molecule has 0 fully saturated rings. The van der Waals surface area contributed by atoms with E-state index in [0.717, 1.165) is 36.9 Å². The zero-order chi connectivity index (χ0) is 21.9. The summed E-state index contributed by atoms with van der Waals surface area (Å²) in [7, 11) is 0. The summed E-state index contributed by atoms with van der Waals surface area (Å²) in [5.41, 5.74) is 1.57. The Labute approximate surface area is 173 Å². The van der Waals surface area contributed by atoms with E-state index in [9.17, 15) is 18.3 Å². The molecule has 0 bridgehead atoms. The fourth-order valence-electron chi connectivity index (χ4n) is 3.37. The lowest BCUT2D eigenvalue weighted by atomic mass is 9.91. The highest BCUT2D eigenvalue weighted by molar-refractivity contribution is 6.17. The second kappa shape index (κ2) is 8.65. The van der Waals surface area contributed by atoms with Crippen molar-refractivity contribution in [3.63, 3.8) is 0 Å². The molecule has 0 saturated carbocycles. The fourth-order valence-corrected chi connectivity index (χ4v) is 3.37. The van der Waals surface area contributed by atoms with Crippen LogP contribution in [-0.4, -0.2) is 21.6 Å². The Morgan fingerprint density at radius 2 is 1.93 bits per heavy atom. The first-order valence-corrected chi connectivity index (χ1v) is 9.63. The fraction of sp³-hybridized carbons (Fsp3) is 0.261. The lowest BCUT2D eigenvalue weighted by Gasteiger charge is -2.20. The van der Waals surface area contributed by atoms with Gasteiger partial charge in [0, 0.05) is 23.5 Å². The molecule has 2 aromatic rings. The molecule has 1 aliphatic heterocycles. The molecule has 0 saturated heterocycles. The van der Waals surface area contributed by atoms with Gasteiger partial charge in [-0.25, -0.2) is 4.99 Å². The number of nitrogens with zero attached hydrogens (tertiary/aromatic N) is 2. The Morgan fingerprint density at radius 1 is 1.20 bits per heavy atom. The van der Waals surface area contributed by atoms with Crippen molar-refractivity contribution in [2.24, 2.45) is 4.99 Å². The van der Waals surface area contributed by atoms with Crippen LogP contribution in [0.1, 0.15) is 54.9 Å². The van der Waals surface area contributed by atoms with Crippen molar-refractivity contribution in [3.05, 3.63) is 76.6 Å². The highest BCUT2D eigenvalue weighted by Crippen LogP contribution is 2.35. The van der Waals surface area contributed by atoms with Crippen LogP contribution in [-0.2, 0) is 6.18 Å². The highest BCUT2D eigenvalue weighted by Gasteiger charge is 2.35. The first-order valence-electron chi connectivity index (χ1n) is 9.63. The van der Waals surface area contributed by atoms with E-state index in [1.54, 1.807) is 18.2 Å². The second-order valence-corrected chi connectivity index (χ2v) is 6.97. The second-order valence-electron chi connectivity index (χ2n) is 6.97. The lowest BCUT2D eigenvalue weighted by molar-refractivity contribution is -0.137. The van der Waals surface area contributed by atoms with E-state index in [0.29, 0.717) is 5.56 Å². The van der Waals surface area contributed by atoms with Gasteiger partial charge in [0.05, 0.1) is 17.2 Å². The smallest absolute Gasteiger partial charge is 0.417 e. The third kappa shape index (κ3) is 4.50. The summed E-state index contributed by atoms with van der Waals surface area (Å²) < 4.78 is 39.8. The summed E-state index contributed by atoms with van der Waals surface area (Å²) in [6.45, 7) is 4.14. The van der Waals surface area contributed by atoms with E-state index in [1.807, 2.05) is 12.1 Å². The van der Waals surface area contributed by atoms with Crippen LogP contribution in [0.25, 0.3) is 6.08 Å². The number of aliphatic imine (C=N–C) groups is 1. The number of hydrogen-bond acceptors (Lipinski definition) is 3. The summed E-state index contributed by atoms with van der Waals surface area (Å²) in [6, 6.07) is 6.09. The topological polar surface area (TPSA) is 69.3 Å². The SMILES string of the molecule is CCC(=Cc1ccc(C2C=CC(c3cnccc3C(F)(F)F)=NC2=N)c(O)c1)CC. The van der Waals surface area contributed by atoms with Crippen LogP contribution in [0.2, 0.25) is 0 Å². The van der Waals surface area contributed by atoms with Gasteiger partial charge in [-0.3, -0.25) is 10.4 Å². The van der Waals surface area contributed by atoms with Gasteiger partial charge in [-0.15, -0.1) is 0 Å². The molecule has 1 aromatic carbocycles. The monoisotopic (exact) mass is 413 g/mol. The first-order chi connectivity index (χ1) is 14.2. The molecule has 2 heterocycles. The molecule has 7 heteroatoms. The Hall–Kier alpha value is -3.22. The van der Waals surface area contributed by atoms with Crippen LogP contribution in [0.5, 0.6) is 5.75 Å². The van der Waals surface area contributed by atoms with Crippen molar-refractivity contribution in [2.45, 2.75) is 38.8 Å². The van der Waals surface area contributed by atoms with Crippen LogP contribution in [0.4, 0.5) is 13.2 Å². The van der Waals surface area contributed by atoms with Crippen molar-refractivity contribution in [2.75, 3.05) is 0 Å². The number of allylic oxidation sites excluding steroid dienone is 2. The molecule has 4 nitrogen and oxygen atoms in total. The maximum atomic E-state index is 13.3. The number of aromatic hydroxyl groups is 1. The molecule has 1 aromatic heterocycles. The van der Waals surface area contributed by atoms with Gasteiger partial charge in [-0.1, -0.05) is 43.7 Å². The lowest BCUT2D eigenvalue weighted by Crippen LogP contribution is -2.19. The number of phenolic OH excluding ortho intramolecular Hbond substituents is 1. The minimum Gasteiger partial charge on any atom is -0.508 e. The molecule has 3 rings (SSSR count). The van der Waals surface area contributed by atoms with Crippen LogP contribution >= 0.6 is 0 Å². The number of aromatic nitrogens is 1. The number of pyridine rings is 1. The van der Waals surface area contributed by atoms with Crippen molar-refractivity contribution >= 4 is 17.6 Å². The van der Waals surface area contributed by atoms with E-state index in [4.69, 9.17) is 5.41 Å². The van der Waals surface area contributed by atoms with Crippen molar-refractivity contribution in [3.8, 4) is 5.75 Å². The van der Waals surface area contributed by atoms with Crippen molar-refractivity contribution in [1.82, 2.24) is 4.98 Å². The van der Waals surface area contributed by atoms with Gasteiger partial charge in [-0.2, -0.15) is 13.2 Å². The van der Waals surface area contributed by atoms with E-state index in [2.05, 4.69) is 23.8 Å². The van der Waals surface area contributed by atoms with Crippen molar-refractivity contribution < 1.29 is 18.3 Å². The average molecular weight is 413 g/mol. The molecule has 1 atom stereocenters. The molecule has 0 amide bonds. The van der Waals surface area contributed by atoms with Gasteiger partial charge >= 0.3 is 6.18 Å². The minimum absolute atomic E-state index is 0.0192. The van der Waals surface area contributed by atoms with Gasteiger partial charge in [0.2, 0.25) is 0 Å². The van der Waals surface area contributed by atoms with Crippen LogP contribution in [0.3, 0.4) is 0 Å². The summed E-state index contributed by atoms with van der Waals surface area (Å²) in [5.74, 6) is -0.772. The standard InChI is InChI=1S/C23H22F3N3O/c1-3-14(4-2)11-15-5-6-16(21(30)12-15)17-7-8-20(29-22(17)27)18-13-28-10-9-19(18)23(24,25)26/h5-13,17,27,30H,3-4H2,1-2H3. The number of hydrogen-bond donors (Lipinski definition) is 2. The molecular formula is C23H22F3N3O. The van der Waals surface area contributed by atoms with Gasteiger partial charge in [0.15, 0.2) is 0 Å². The molecule has 30 heavy (non-hydrogen) atoms. The zero-order valence-corrected chi connectivity index (χ0v) is 16.7. The number of halogens is 3. The summed E-state index contributed by atoms with van der Waals surface area (Å²) >= 11 is 0. The number of alkyl halides is 3. The largest absolute Gasteiger partial charge is 0.508 e. The highest BCUT2D eigenvalue weighted by atomic mass is 19.4. The Kier molecular flexibility index (Phi) is 6.20. The molecule has 0 aliphatic carbocycles. The van der Waals surface area contributed by atoms with Crippen LogP contribution in [0, 0.1) is 5.41 Å². The predicted octanol–water partition coefficient (Wildman–Crippen LogP) is 6.13. The molecular weight excluding hydrogens is 391 g/mol. The number of amidine groups is 1. The molecule has 0 radical (unpaired) electrons. The third-order valence-electron chi connectivity index (χ3n) is 5.05. The molecule has 1 aliphatic rings. The molecule has 2 N–H and O–H groups in total. The predicted molar refractivity (Wildman–Crippen MR) is 112 cm³/mol. The number of nitrogens with one attached hydrogen (secondary N) is 1. The third-order valence-corrected chi connectivity index (χ3v) is 5.05. The Balaban J connectivity index is 1.90. The normalized spacial score (nSPS) is 16.4. The molecule has 156 valence electrons. The van der Waals surface area contributed by atoms with E-state index >= 15 is 0 Å². The van der Waals surface area contributed by atoms with Crippen LogP contribution < -0.4 is 0 Å². The average Bonchev–Trinajstić information content (AvgIpc) is 2.72. The maximum Gasteiger partial charge on any atom is 0.417 e. The summed E-state index contributed by atoms with van der Waals surface area (Å²) in [6.07, 6.45) is 4.48. The van der Waals surface area contributed by atoms with Gasteiger partial charge in [0.1, 0.15) is 11.6 Å². The molecule has 0 spiro atoms.